The van der Waals surface area contributed by atoms with Crippen molar-refractivity contribution < 1.29 is 4.79 Å². The van der Waals surface area contributed by atoms with E-state index in [-0.39, 0.29) is 5.91 Å². The molecule has 174 valence electrons. The quantitative estimate of drug-likeness (QED) is 0.554. The van der Waals surface area contributed by atoms with Crippen LogP contribution in [0.4, 0.5) is 11.4 Å². The van der Waals surface area contributed by atoms with Gasteiger partial charge in [-0.1, -0.05) is 26.0 Å². The molecule has 1 saturated heterocycles. The number of H-pyrrole nitrogens is 1. The van der Waals surface area contributed by atoms with Crippen molar-refractivity contribution in [2.24, 2.45) is 5.92 Å². The number of piperidine rings is 1. The van der Waals surface area contributed by atoms with Crippen LogP contribution in [0.15, 0.2) is 48.7 Å². The van der Waals surface area contributed by atoms with Crippen LogP contribution in [0.25, 0.3) is 11.4 Å². The number of hydrogen-bond acceptors (Lipinski definition) is 5. The second-order valence-corrected chi connectivity index (χ2v) is 9.46. The second-order valence-electron chi connectivity index (χ2n) is 9.46. The number of carbonyl (C=O) groups is 1. The number of benzene rings is 1. The van der Waals surface area contributed by atoms with E-state index < -0.39 is 0 Å². The molecule has 1 aromatic carbocycles. The highest BCUT2D eigenvalue weighted by Gasteiger charge is 2.23. The van der Waals surface area contributed by atoms with Gasteiger partial charge in [-0.15, -0.1) is 0 Å². The van der Waals surface area contributed by atoms with E-state index in [0.717, 1.165) is 55.5 Å². The summed E-state index contributed by atoms with van der Waals surface area (Å²) < 4.78 is 0. The maximum atomic E-state index is 13.1. The lowest BCUT2D eigenvalue weighted by Gasteiger charge is -2.36. The number of hydrogen-bond donors (Lipinski definition) is 2. The lowest BCUT2D eigenvalue weighted by molar-refractivity contribution is 0.102. The van der Waals surface area contributed by atoms with E-state index in [1.807, 2.05) is 24.3 Å². The summed E-state index contributed by atoms with van der Waals surface area (Å²) in [5, 5.41) is 10.0. The molecule has 0 atom stereocenters. The zero-order valence-corrected chi connectivity index (χ0v) is 20.0. The first kappa shape index (κ1) is 23.0. The number of aromatic amines is 1. The van der Waals surface area contributed by atoms with Crippen LogP contribution in [0.3, 0.4) is 0 Å². The maximum absolute atomic E-state index is 13.1. The molecule has 2 N–H and O–H groups in total. The Balaban J connectivity index is 1.55. The van der Waals surface area contributed by atoms with E-state index in [4.69, 9.17) is 0 Å². The third-order valence-corrected chi connectivity index (χ3v) is 6.27. The summed E-state index contributed by atoms with van der Waals surface area (Å²) in [6.45, 7) is 7.52. The molecular formula is C26H34N6O. The van der Waals surface area contributed by atoms with Gasteiger partial charge in [-0.05, 0) is 74.7 Å². The summed E-state index contributed by atoms with van der Waals surface area (Å²) in [4.78, 5) is 22.4. The van der Waals surface area contributed by atoms with Crippen molar-refractivity contribution in [2.75, 3.05) is 43.9 Å². The molecule has 3 aromatic rings. The maximum Gasteiger partial charge on any atom is 0.274 e. The number of nitrogens with zero attached hydrogens (tertiary/aromatic N) is 4. The first-order valence-corrected chi connectivity index (χ1v) is 11.7. The van der Waals surface area contributed by atoms with Crippen molar-refractivity contribution in [3.63, 3.8) is 0 Å². The predicted molar refractivity (Wildman–Crippen MR) is 134 cm³/mol. The average Bonchev–Trinajstić information content (AvgIpc) is 3.34. The fraction of sp³-hybridized carbons (Fsp3) is 0.423. The lowest BCUT2D eigenvalue weighted by atomic mass is 9.95. The molecule has 1 fully saturated rings. The zero-order chi connectivity index (χ0) is 23.4. The minimum Gasteiger partial charge on any atom is -0.370 e. The Kier molecular flexibility index (Phi) is 7.08. The standard InChI is InChI=1S/C26H34N6O/c1-18(2)20-8-9-23(25(16-20)32-14-11-19(12-15-32)17-31(3)4)29-26(33)24-7-5-6-21(28-24)22-10-13-27-30-22/h5-10,13,16,18-19H,11-12,14-15,17H2,1-4H3,(H,27,30)(H,29,33). The molecule has 1 aliphatic heterocycles. The Hall–Kier alpha value is -3.19. The van der Waals surface area contributed by atoms with Crippen LogP contribution in [-0.4, -0.2) is 59.7 Å². The number of rotatable bonds is 7. The predicted octanol–water partition coefficient (Wildman–Crippen LogP) is 4.63. The van der Waals surface area contributed by atoms with Gasteiger partial charge in [-0.2, -0.15) is 5.10 Å². The molecule has 0 spiro atoms. The first-order chi connectivity index (χ1) is 15.9. The van der Waals surface area contributed by atoms with Crippen molar-refractivity contribution >= 4 is 17.3 Å². The van der Waals surface area contributed by atoms with Crippen LogP contribution < -0.4 is 10.2 Å². The Morgan fingerprint density at radius 2 is 1.97 bits per heavy atom. The van der Waals surface area contributed by atoms with Gasteiger partial charge in [0.15, 0.2) is 0 Å². The lowest BCUT2D eigenvalue weighted by Crippen LogP contribution is -2.37. The van der Waals surface area contributed by atoms with E-state index in [9.17, 15) is 4.79 Å². The van der Waals surface area contributed by atoms with Crippen molar-refractivity contribution in [3.8, 4) is 11.4 Å². The van der Waals surface area contributed by atoms with Crippen LogP contribution in [0.5, 0.6) is 0 Å². The minimum atomic E-state index is -0.211. The molecular weight excluding hydrogens is 412 g/mol. The third-order valence-electron chi connectivity index (χ3n) is 6.27. The third kappa shape index (κ3) is 5.60. The summed E-state index contributed by atoms with van der Waals surface area (Å²) >= 11 is 0. The molecule has 0 aliphatic carbocycles. The van der Waals surface area contributed by atoms with Crippen molar-refractivity contribution in [2.45, 2.75) is 32.6 Å². The van der Waals surface area contributed by atoms with Crippen LogP contribution in [0.2, 0.25) is 0 Å². The second kappa shape index (κ2) is 10.2. The molecule has 1 amide bonds. The Bertz CT molecular complexity index is 1070. The van der Waals surface area contributed by atoms with E-state index in [0.29, 0.717) is 17.3 Å². The smallest absolute Gasteiger partial charge is 0.274 e. The van der Waals surface area contributed by atoms with Gasteiger partial charge in [0.2, 0.25) is 0 Å². The molecule has 1 aliphatic rings. The number of amides is 1. The summed E-state index contributed by atoms with van der Waals surface area (Å²) in [7, 11) is 4.28. The molecule has 3 heterocycles. The highest BCUT2D eigenvalue weighted by atomic mass is 16.1. The molecule has 0 radical (unpaired) electrons. The van der Waals surface area contributed by atoms with Gasteiger partial charge in [-0.25, -0.2) is 4.98 Å². The number of carbonyl (C=O) groups excluding carboxylic acids is 1. The number of anilines is 2. The number of nitrogens with one attached hydrogen (secondary N) is 2. The van der Waals surface area contributed by atoms with Gasteiger partial charge in [0.1, 0.15) is 5.69 Å². The largest absolute Gasteiger partial charge is 0.370 e. The highest BCUT2D eigenvalue weighted by Crippen LogP contribution is 2.33. The zero-order valence-electron chi connectivity index (χ0n) is 20.0. The molecule has 33 heavy (non-hydrogen) atoms. The SMILES string of the molecule is CC(C)c1ccc(NC(=O)c2cccc(-c3ccn[nH]3)n2)c(N2CCC(CN(C)C)CC2)c1. The van der Waals surface area contributed by atoms with E-state index >= 15 is 0 Å². The Morgan fingerprint density at radius 3 is 2.64 bits per heavy atom. The van der Waals surface area contributed by atoms with Gasteiger partial charge in [-0.3, -0.25) is 9.89 Å². The average molecular weight is 447 g/mol. The Labute approximate surface area is 196 Å². The number of pyridine rings is 1. The Morgan fingerprint density at radius 1 is 1.18 bits per heavy atom. The van der Waals surface area contributed by atoms with Crippen LogP contribution >= 0.6 is 0 Å². The molecule has 7 heteroatoms. The normalized spacial score (nSPS) is 14.8. The fourth-order valence-electron chi connectivity index (χ4n) is 4.44. The molecule has 0 unspecified atom stereocenters. The molecule has 2 aromatic heterocycles. The summed E-state index contributed by atoms with van der Waals surface area (Å²) in [5.74, 6) is 0.932. The van der Waals surface area contributed by atoms with Gasteiger partial charge in [0.25, 0.3) is 5.91 Å². The first-order valence-electron chi connectivity index (χ1n) is 11.7. The van der Waals surface area contributed by atoms with E-state index in [2.05, 4.69) is 70.4 Å². The van der Waals surface area contributed by atoms with Gasteiger partial charge >= 0.3 is 0 Å². The molecule has 0 saturated carbocycles. The summed E-state index contributed by atoms with van der Waals surface area (Å²) in [6.07, 6.45) is 3.99. The van der Waals surface area contributed by atoms with Crippen LogP contribution in [-0.2, 0) is 0 Å². The molecule has 4 rings (SSSR count). The molecule has 0 bridgehead atoms. The monoisotopic (exact) mass is 446 g/mol. The molecule has 7 nitrogen and oxygen atoms in total. The fourth-order valence-corrected chi connectivity index (χ4v) is 4.44. The van der Waals surface area contributed by atoms with E-state index in [1.54, 1.807) is 12.3 Å². The highest BCUT2D eigenvalue weighted by molar-refractivity contribution is 6.05. The van der Waals surface area contributed by atoms with Crippen LogP contribution in [0.1, 0.15) is 48.7 Å². The minimum absolute atomic E-state index is 0.211. The topological polar surface area (TPSA) is 77.1 Å². The van der Waals surface area contributed by atoms with Crippen LogP contribution in [0, 0.1) is 5.92 Å². The van der Waals surface area contributed by atoms with Gasteiger partial charge < -0.3 is 15.1 Å². The summed E-state index contributed by atoms with van der Waals surface area (Å²) in [6, 6.07) is 13.7. The number of aromatic nitrogens is 3. The van der Waals surface area contributed by atoms with Crippen molar-refractivity contribution in [1.82, 2.24) is 20.1 Å². The van der Waals surface area contributed by atoms with Gasteiger partial charge in [0.05, 0.1) is 22.8 Å². The van der Waals surface area contributed by atoms with Gasteiger partial charge in [0, 0.05) is 25.8 Å². The van der Waals surface area contributed by atoms with Crippen molar-refractivity contribution in [3.05, 3.63) is 59.9 Å². The van der Waals surface area contributed by atoms with E-state index in [1.165, 1.54) is 5.56 Å². The van der Waals surface area contributed by atoms with Crippen molar-refractivity contribution in [1.29, 1.82) is 0 Å². The summed E-state index contributed by atoms with van der Waals surface area (Å²) in [5.41, 5.74) is 5.07.